The molecule has 1 unspecified atom stereocenters. The van der Waals surface area contributed by atoms with Crippen LogP contribution in [0.15, 0.2) is 0 Å². The second-order valence-corrected chi connectivity index (χ2v) is 4.89. The first kappa shape index (κ1) is 11.9. The van der Waals surface area contributed by atoms with Crippen LogP contribution < -0.4 is 16.4 Å². The molecule has 1 atom stereocenters. The SMILES string of the molecule is CC1(C)CC1NC(=O)C(=O)NCC(N)=S. The van der Waals surface area contributed by atoms with Crippen molar-refractivity contribution in [2.24, 2.45) is 11.1 Å². The highest BCUT2D eigenvalue weighted by atomic mass is 32.1. The Morgan fingerprint density at radius 1 is 1.47 bits per heavy atom. The van der Waals surface area contributed by atoms with Crippen molar-refractivity contribution in [1.29, 1.82) is 0 Å². The van der Waals surface area contributed by atoms with Crippen molar-refractivity contribution in [2.75, 3.05) is 6.54 Å². The van der Waals surface area contributed by atoms with Gasteiger partial charge in [-0.2, -0.15) is 0 Å². The Morgan fingerprint density at radius 2 is 2.00 bits per heavy atom. The molecule has 84 valence electrons. The Labute approximate surface area is 93.8 Å². The smallest absolute Gasteiger partial charge is 0.309 e. The maximum absolute atomic E-state index is 11.3. The van der Waals surface area contributed by atoms with E-state index in [-0.39, 0.29) is 23.0 Å². The summed E-state index contributed by atoms with van der Waals surface area (Å²) < 4.78 is 0. The van der Waals surface area contributed by atoms with Gasteiger partial charge in [0.2, 0.25) is 0 Å². The summed E-state index contributed by atoms with van der Waals surface area (Å²) in [4.78, 5) is 22.6. The fraction of sp³-hybridized carbons (Fsp3) is 0.667. The Balaban J connectivity index is 2.28. The molecule has 0 aromatic heterocycles. The first-order chi connectivity index (χ1) is 6.83. The lowest BCUT2D eigenvalue weighted by atomic mass is 10.2. The number of thiocarbonyl (C=S) groups is 1. The van der Waals surface area contributed by atoms with E-state index in [9.17, 15) is 9.59 Å². The molecule has 4 N–H and O–H groups in total. The lowest BCUT2D eigenvalue weighted by molar-refractivity contribution is -0.139. The molecule has 1 saturated carbocycles. The van der Waals surface area contributed by atoms with Gasteiger partial charge in [0.05, 0.1) is 11.5 Å². The van der Waals surface area contributed by atoms with Gasteiger partial charge in [0.15, 0.2) is 0 Å². The number of carbonyl (C=O) groups excluding carboxylic acids is 2. The van der Waals surface area contributed by atoms with E-state index < -0.39 is 11.8 Å². The molecule has 6 heteroatoms. The lowest BCUT2D eigenvalue weighted by Crippen LogP contribution is -2.44. The fourth-order valence-corrected chi connectivity index (χ4v) is 1.26. The van der Waals surface area contributed by atoms with Crippen molar-refractivity contribution in [2.45, 2.75) is 26.3 Å². The number of hydrogen-bond donors (Lipinski definition) is 3. The Kier molecular flexibility index (Phi) is 3.28. The zero-order valence-electron chi connectivity index (χ0n) is 8.79. The molecule has 0 aromatic carbocycles. The van der Waals surface area contributed by atoms with Crippen molar-refractivity contribution in [3.05, 3.63) is 0 Å². The summed E-state index contributed by atoms with van der Waals surface area (Å²) in [6.07, 6.45) is 0.904. The van der Waals surface area contributed by atoms with Crippen molar-refractivity contribution >= 4 is 29.0 Å². The third kappa shape index (κ3) is 3.47. The summed E-state index contributed by atoms with van der Waals surface area (Å²) in [5, 5.41) is 4.96. The van der Waals surface area contributed by atoms with Gasteiger partial charge in [0.1, 0.15) is 0 Å². The lowest BCUT2D eigenvalue weighted by Gasteiger charge is -2.06. The summed E-state index contributed by atoms with van der Waals surface area (Å²) >= 11 is 4.57. The molecule has 15 heavy (non-hydrogen) atoms. The molecule has 0 saturated heterocycles. The highest BCUT2D eigenvalue weighted by Gasteiger charge is 2.47. The van der Waals surface area contributed by atoms with Crippen LogP contribution in [0.1, 0.15) is 20.3 Å². The zero-order chi connectivity index (χ0) is 11.6. The molecule has 1 fully saturated rings. The molecule has 1 aliphatic rings. The van der Waals surface area contributed by atoms with E-state index in [1.165, 1.54) is 0 Å². The minimum Gasteiger partial charge on any atom is -0.392 e. The monoisotopic (exact) mass is 229 g/mol. The van der Waals surface area contributed by atoms with Gasteiger partial charge in [-0.3, -0.25) is 9.59 Å². The Morgan fingerprint density at radius 3 is 2.40 bits per heavy atom. The molecule has 0 bridgehead atoms. The molecule has 1 rings (SSSR count). The maximum atomic E-state index is 11.3. The zero-order valence-corrected chi connectivity index (χ0v) is 9.61. The van der Waals surface area contributed by atoms with E-state index in [1.54, 1.807) is 0 Å². The Bertz CT molecular complexity index is 314. The normalized spacial score (nSPS) is 21.6. The molecule has 2 amide bonds. The van der Waals surface area contributed by atoms with Gasteiger partial charge in [-0.05, 0) is 11.8 Å². The predicted octanol–water partition coefficient (Wildman–Crippen LogP) is -0.697. The van der Waals surface area contributed by atoms with Gasteiger partial charge in [-0.15, -0.1) is 0 Å². The highest BCUT2D eigenvalue weighted by molar-refractivity contribution is 7.80. The molecule has 1 aliphatic carbocycles. The second-order valence-electron chi connectivity index (χ2n) is 4.37. The van der Waals surface area contributed by atoms with E-state index in [4.69, 9.17) is 5.73 Å². The van der Waals surface area contributed by atoms with Crippen LogP contribution in [0.5, 0.6) is 0 Å². The summed E-state index contributed by atoms with van der Waals surface area (Å²) in [5.74, 6) is -1.31. The van der Waals surface area contributed by atoms with Crippen LogP contribution >= 0.6 is 12.2 Å². The number of rotatable bonds is 3. The molecular formula is C9H15N3O2S. The fourth-order valence-electron chi connectivity index (χ4n) is 1.19. The number of amides is 2. The molecule has 0 radical (unpaired) electrons. The molecular weight excluding hydrogens is 214 g/mol. The van der Waals surface area contributed by atoms with Crippen LogP contribution in [0.4, 0.5) is 0 Å². The van der Waals surface area contributed by atoms with Gasteiger partial charge in [0.25, 0.3) is 0 Å². The van der Waals surface area contributed by atoms with E-state index in [2.05, 4.69) is 22.9 Å². The molecule has 0 spiro atoms. The van der Waals surface area contributed by atoms with Crippen LogP contribution in [0.2, 0.25) is 0 Å². The average molecular weight is 229 g/mol. The van der Waals surface area contributed by atoms with Crippen LogP contribution in [0, 0.1) is 5.41 Å². The van der Waals surface area contributed by atoms with Gasteiger partial charge < -0.3 is 16.4 Å². The van der Waals surface area contributed by atoms with Crippen LogP contribution in [-0.4, -0.2) is 29.4 Å². The van der Waals surface area contributed by atoms with E-state index in [0.717, 1.165) is 6.42 Å². The molecule has 0 aromatic rings. The van der Waals surface area contributed by atoms with Gasteiger partial charge in [-0.25, -0.2) is 0 Å². The third-order valence-electron chi connectivity index (χ3n) is 2.45. The molecule has 0 heterocycles. The summed E-state index contributed by atoms with van der Waals surface area (Å²) in [5.41, 5.74) is 5.29. The van der Waals surface area contributed by atoms with Crippen molar-refractivity contribution in [3.8, 4) is 0 Å². The van der Waals surface area contributed by atoms with Crippen molar-refractivity contribution in [1.82, 2.24) is 10.6 Å². The maximum Gasteiger partial charge on any atom is 0.309 e. The van der Waals surface area contributed by atoms with E-state index in [1.807, 2.05) is 13.8 Å². The van der Waals surface area contributed by atoms with Crippen molar-refractivity contribution in [3.63, 3.8) is 0 Å². The van der Waals surface area contributed by atoms with E-state index >= 15 is 0 Å². The topological polar surface area (TPSA) is 84.2 Å². The number of carbonyl (C=O) groups is 2. The van der Waals surface area contributed by atoms with Gasteiger partial charge in [-0.1, -0.05) is 26.1 Å². The van der Waals surface area contributed by atoms with Gasteiger partial charge in [0, 0.05) is 6.04 Å². The van der Waals surface area contributed by atoms with Crippen LogP contribution in [0.25, 0.3) is 0 Å². The molecule has 0 aliphatic heterocycles. The first-order valence-corrected chi connectivity index (χ1v) is 5.11. The Hall–Kier alpha value is -1.17. The largest absolute Gasteiger partial charge is 0.392 e. The predicted molar refractivity (Wildman–Crippen MR) is 60.1 cm³/mol. The number of nitrogens with two attached hydrogens (primary N) is 1. The quantitative estimate of drug-likeness (QED) is 0.441. The molecule has 5 nitrogen and oxygen atoms in total. The van der Waals surface area contributed by atoms with Gasteiger partial charge >= 0.3 is 11.8 Å². The minimum atomic E-state index is -0.689. The first-order valence-electron chi connectivity index (χ1n) is 4.70. The third-order valence-corrected chi connectivity index (χ3v) is 2.59. The second kappa shape index (κ2) is 4.14. The summed E-state index contributed by atoms with van der Waals surface area (Å²) in [6, 6.07) is 0.0978. The standard InChI is InChI=1S/C9H15N3O2S/c1-9(2)3-5(9)12-8(14)7(13)11-4-6(10)15/h5H,3-4H2,1-2H3,(H2,10,15)(H,11,13)(H,12,14). The van der Waals surface area contributed by atoms with E-state index in [0.29, 0.717) is 0 Å². The summed E-state index contributed by atoms with van der Waals surface area (Å²) in [7, 11) is 0. The summed E-state index contributed by atoms with van der Waals surface area (Å²) in [6.45, 7) is 4.12. The number of nitrogens with one attached hydrogen (secondary N) is 2. The minimum absolute atomic E-state index is 0.0512. The van der Waals surface area contributed by atoms with Crippen LogP contribution in [0.3, 0.4) is 0 Å². The highest BCUT2D eigenvalue weighted by Crippen LogP contribution is 2.44. The number of hydrogen-bond acceptors (Lipinski definition) is 3. The van der Waals surface area contributed by atoms with Crippen LogP contribution in [-0.2, 0) is 9.59 Å². The van der Waals surface area contributed by atoms with Crippen molar-refractivity contribution < 1.29 is 9.59 Å². The average Bonchev–Trinajstić information content (AvgIpc) is 2.69.